The van der Waals surface area contributed by atoms with Crippen LogP contribution < -0.4 is 0 Å². The standard InChI is InChI=1S/C13H19N3O/c1-12-3-4-13(17-12)11-16-9-7-15(8-10-16)6-2-5-14/h3-4H,2,6-11H2,1H3. The van der Waals surface area contributed by atoms with Crippen LogP contribution in [0.3, 0.4) is 0 Å². The SMILES string of the molecule is Cc1ccc(CN2CCN(CCC#N)CC2)o1. The lowest BCUT2D eigenvalue weighted by molar-refractivity contribution is 0.122. The van der Waals surface area contributed by atoms with Crippen molar-refractivity contribution in [1.29, 1.82) is 5.26 Å². The number of furan rings is 1. The Morgan fingerprint density at radius 2 is 1.94 bits per heavy atom. The molecule has 0 spiro atoms. The molecule has 2 heterocycles. The van der Waals surface area contributed by atoms with E-state index in [9.17, 15) is 0 Å². The van der Waals surface area contributed by atoms with E-state index in [4.69, 9.17) is 9.68 Å². The molecule has 0 aromatic carbocycles. The molecule has 0 unspecified atom stereocenters. The lowest BCUT2D eigenvalue weighted by Gasteiger charge is -2.33. The minimum atomic E-state index is 0.636. The van der Waals surface area contributed by atoms with Gasteiger partial charge in [-0.05, 0) is 19.1 Å². The molecule has 0 atom stereocenters. The van der Waals surface area contributed by atoms with Gasteiger partial charge in [0, 0.05) is 39.1 Å². The molecule has 1 aliphatic heterocycles. The maximum Gasteiger partial charge on any atom is 0.118 e. The van der Waals surface area contributed by atoms with Gasteiger partial charge in [-0.2, -0.15) is 5.26 Å². The Kier molecular flexibility index (Phi) is 4.18. The Hall–Kier alpha value is -1.31. The fourth-order valence-corrected chi connectivity index (χ4v) is 2.17. The summed E-state index contributed by atoms with van der Waals surface area (Å²) >= 11 is 0. The molecule has 0 aliphatic carbocycles. The van der Waals surface area contributed by atoms with Gasteiger partial charge in [-0.25, -0.2) is 0 Å². The van der Waals surface area contributed by atoms with Gasteiger partial charge in [-0.15, -0.1) is 0 Å². The highest BCUT2D eigenvalue weighted by Crippen LogP contribution is 2.11. The van der Waals surface area contributed by atoms with Gasteiger partial charge in [0.2, 0.25) is 0 Å². The minimum Gasteiger partial charge on any atom is -0.465 e. The van der Waals surface area contributed by atoms with Crippen molar-refractivity contribution in [3.8, 4) is 6.07 Å². The van der Waals surface area contributed by atoms with Crippen LogP contribution in [0, 0.1) is 18.3 Å². The first-order valence-electron chi connectivity index (χ1n) is 6.15. The lowest BCUT2D eigenvalue weighted by Crippen LogP contribution is -2.45. The molecule has 0 radical (unpaired) electrons. The predicted molar refractivity (Wildman–Crippen MR) is 65.4 cm³/mol. The third-order valence-corrected chi connectivity index (χ3v) is 3.18. The topological polar surface area (TPSA) is 43.4 Å². The molecule has 1 aliphatic rings. The molecule has 1 fully saturated rings. The van der Waals surface area contributed by atoms with Crippen LogP contribution in [-0.2, 0) is 6.54 Å². The number of hydrogen-bond acceptors (Lipinski definition) is 4. The van der Waals surface area contributed by atoms with Crippen molar-refractivity contribution in [3.63, 3.8) is 0 Å². The normalized spacial score (nSPS) is 18.1. The molecule has 0 bridgehead atoms. The Bertz CT molecular complexity index is 386. The molecule has 0 amide bonds. The zero-order valence-corrected chi connectivity index (χ0v) is 10.4. The summed E-state index contributed by atoms with van der Waals surface area (Å²) in [6, 6.07) is 6.26. The first-order valence-corrected chi connectivity index (χ1v) is 6.15. The second kappa shape index (κ2) is 5.85. The molecule has 1 saturated heterocycles. The van der Waals surface area contributed by atoms with Crippen LogP contribution in [0.5, 0.6) is 0 Å². The van der Waals surface area contributed by atoms with Gasteiger partial charge in [0.25, 0.3) is 0 Å². The summed E-state index contributed by atoms with van der Waals surface area (Å²) in [4.78, 5) is 4.76. The van der Waals surface area contributed by atoms with Gasteiger partial charge < -0.3 is 4.42 Å². The molecule has 4 heteroatoms. The average Bonchev–Trinajstić information content (AvgIpc) is 2.74. The van der Waals surface area contributed by atoms with E-state index < -0.39 is 0 Å². The van der Waals surface area contributed by atoms with Crippen molar-refractivity contribution in [2.75, 3.05) is 32.7 Å². The van der Waals surface area contributed by atoms with Crippen LogP contribution >= 0.6 is 0 Å². The van der Waals surface area contributed by atoms with Crippen LogP contribution in [-0.4, -0.2) is 42.5 Å². The molecule has 17 heavy (non-hydrogen) atoms. The van der Waals surface area contributed by atoms with Crippen molar-refractivity contribution in [2.45, 2.75) is 19.9 Å². The number of aryl methyl sites for hydroxylation is 1. The molecular weight excluding hydrogens is 214 g/mol. The third-order valence-electron chi connectivity index (χ3n) is 3.18. The Labute approximate surface area is 102 Å². The fourth-order valence-electron chi connectivity index (χ4n) is 2.17. The van der Waals surface area contributed by atoms with E-state index >= 15 is 0 Å². The molecule has 0 N–H and O–H groups in total. The summed E-state index contributed by atoms with van der Waals surface area (Å²) in [6.45, 7) is 8.02. The molecule has 1 aromatic heterocycles. The largest absolute Gasteiger partial charge is 0.465 e. The van der Waals surface area contributed by atoms with Gasteiger partial charge in [0.05, 0.1) is 12.6 Å². The van der Waals surface area contributed by atoms with Gasteiger partial charge in [-0.1, -0.05) is 0 Å². The predicted octanol–water partition coefficient (Wildman–Crippen LogP) is 1.62. The van der Waals surface area contributed by atoms with E-state index in [0.29, 0.717) is 6.42 Å². The number of hydrogen-bond donors (Lipinski definition) is 0. The Morgan fingerprint density at radius 1 is 1.24 bits per heavy atom. The Morgan fingerprint density at radius 3 is 2.53 bits per heavy atom. The van der Waals surface area contributed by atoms with Gasteiger partial charge in [0.15, 0.2) is 0 Å². The number of rotatable bonds is 4. The summed E-state index contributed by atoms with van der Waals surface area (Å²) in [5, 5.41) is 8.55. The molecule has 92 valence electrons. The van der Waals surface area contributed by atoms with E-state index in [-0.39, 0.29) is 0 Å². The quantitative estimate of drug-likeness (QED) is 0.792. The van der Waals surface area contributed by atoms with Crippen molar-refractivity contribution in [3.05, 3.63) is 23.7 Å². The lowest BCUT2D eigenvalue weighted by atomic mass is 10.3. The Balaban J connectivity index is 1.74. The van der Waals surface area contributed by atoms with Crippen LogP contribution in [0.1, 0.15) is 17.9 Å². The van der Waals surface area contributed by atoms with E-state index in [1.54, 1.807) is 0 Å². The van der Waals surface area contributed by atoms with Crippen molar-refractivity contribution < 1.29 is 4.42 Å². The van der Waals surface area contributed by atoms with Gasteiger partial charge in [0.1, 0.15) is 11.5 Å². The van der Waals surface area contributed by atoms with Gasteiger partial charge in [-0.3, -0.25) is 9.80 Å². The van der Waals surface area contributed by atoms with Crippen LogP contribution in [0.15, 0.2) is 16.5 Å². The molecule has 2 rings (SSSR count). The first kappa shape index (κ1) is 12.2. The van der Waals surface area contributed by atoms with E-state index in [0.717, 1.165) is 50.8 Å². The van der Waals surface area contributed by atoms with Crippen LogP contribution in [0.25, 0.3) is 0 Å². The molecular formula is C13H19N3O. The number of nitriles is 1. The molecule has 0 saturated carbocycles. The third kappa shape index (κ3) is 3.58. The summed E-state index contributed by atoms with van der Waals surface area (Å²) in [5.74, 6) is 2.03. The zero-order chi connectivity index (χ0) is 12.1. The van der Waals surface area contributed by atoms with Crippen LogP contribution in [0.4, 0.5) is 0 Å². The average molecular weight is 233 g/mol. The highest BCUT2D eigenvalue weighted by Gasteiger charge is 2.17. The van der Waals surface area contributed by atoms with E-state index in [1.165, 1.54) is 0 Å². The number of nitrogens with zero attached hydrogens (tertiary/aromatic N) is 3. The minimum absolute atomic E-state index is 0.636. The van der Waals surface area contributed by atoms with Crippen LogP contribution in [0.2, 0.25) is 0 Å². The maximum atomic E-state index is 8.55. The highest BCUT2D eigenvalue weighted by atomic mass is 16.3. The van der Waals surface area contributed by atoms with Gasteiger partial charge >= 0.3 is 0 Å². The zero-order valence-electron chi connectivity index (χ0n) is 10.4. The molecule has 1 aromatic rings. The summed E-state index contributed by atoms with van der Waals surface area (Å²) in [7, 11) is 0. The second-order valence-electron chi connectivity index (χ2n) is 4.54. The maximum absolute atomic E-state index is 8.55. The summed E-state index contributed by atoms with van der Waals surface area (Å²) in [5.41, 5.74) is 0. The first-order chi connectivity index (χ1) is 8.28. The van der Waals surface area contributed by atoms with E-state index in [2.05, 4.69) is 21.9 Å². The highest BCUT2D eigenvalue weighted by molar-refractivity contribution is 5.05. The summed E-state index contributed by atoms with van der Waals surface area (Å²) in [6.07, 6.45) is 0.636. The van der Waals surface area contributed by atoms with Crippen molar-refractivity contribution in [1.82, 2.24) is 9.80 Å². The molecule has 4 nitrogen and oxygen atoms in total. The van der Waals surface area contributed by atoms with Crippen molar-refractivity contribution >= 4 is 0 Å². The second-order valence-corrected chi connectivity index (χ2v) is 4.54. The number of piperazine rings is 1. The summed E-state index contributed by atoms with van der Waals surface area (Å²) < 4.78 is 5.58. The van der Waals surface area contributed by atoms with E-state index in [1.807, 2.05) is 13.0 Å². The van der Waals surface area contributed by atoms with Crippen molar-refractivity contribution in [2.24, 2.45) is 0 Å². The monoisotopic (exact) mass is 233 g/mol. The fraction of sp³-hybridized carbons (Fsp3) is 0.615. The smallest absolute Gasteiger partial charge is 0.118 e.